The Labute approximate surface area is 138 Å². The summed E-state index contributed by atoms with van der Waals surface area (Å²) in [5.74, 6) is 0.165. The standard InChI is InChI=1S/C18H27N3O2/c22-18(4-3-15-2-1-9-19-14-15)20-16-5-10-21(11-6-16)17-7-12-23-13-8-17/h1-2,9,14,16-17H,3-8,10-13H2,(H,20,22). The number of carbonyl (C=O) groups excluding carboxylic acids is 1. The lowest BCUT2D eigenvalue weighted by molar-refractivity contribution is -0.122. The van der Waals surface area contributed by atoms with E-state index in [1.54, 1.807) is 6.20 Å². The van der Waals surface area contributed by atoms with Crippen molar-refractivity contribution in [3.05, 3.63) is 30.1 Å². The van der Waals surface area contributed by atoms with Crippen LogP contribution in [0.5, 0.6) is 0 Å². The van der Waals surface area contributed by atoms with Gasteiger partial charge in [0.05, 0.1) is 0 Å². The summed E-state index contributed by atoms with van der Waals surface area (Å²) >= 11 is 0. The number of aryl methyl sites for hydroxylation is 1. The Morgan fingerprint density at radius 2 is 2.04 bits per heavy atom. The van der Waals surface area contributed by atoms with Gasteiger partial charge in [-0.25, -0.2) is 0 Å². The number of piperidine rings is 1. The van der Waals surface area contributed by atoms with Crippen molar-refractivity contribution < 1.29 is 9.53 Å². The Balaban J connectivity index is 1.35. The number of rotatable bonds is 5. The molecule has 2 saturated heterocycles. The van der Waals surface area contributed by atoms with Crippen LogP contribution in [0.1, 0.15) is 37.7 Å². The number of carbonyl (C=O) groups is 1. The zero-order valence-electron chi connectivity index (χ0n) is 13.7. The first-order valence-electron chi connectivity index (χ1n) is 8.81. The minimum absolute atomic E-state index is 0.165. The van der Waals surface area contributed by atoms with Gasteiger partial charge in [0.1, 0.15) is 0 Å². The van der Waals surface area contributed by atoms with Crippen LogP contribution in [-0.4, -0.2) is 54.2 Å². The summed E-state index contributed by atoms with van der Waals surface area (Å²) in [5, 5.41) is 3.20. The first-order chi connectivity index (χ1) is 11.3. The number of amides is 1. The Morgan fingerprint density at radius 1 is 1.26 bits per heavy atom. The summed E-state index contributed by atoms with van der Waals surface area (Å²) < 4.78 is 5.44. The molecule has 2 aliphatic rings. The summed E-state index contributed by atoms with van der Waals surface area (Å²) in [6, 6.07) is 4.96. The molecule has 126 valence electrons. The molecule has 0 aliphatic carbocycles. The van der Waals surface area contributed by atoms with E-state index < -0.39 is 0 Å². The van der Waals surface area contributed by atoms with E-state index in [2.05, 4.69) is 15.2 Å². The second-order valence-electron chi connectivity index (χ2n) is 6.58. The number of aromatic nitrogens is 1. The average molecular weight is 317 g/mol. The third-order valence-corrected chi connectivity index (χ3v) is 4.97. The quantitative estimate of drug-likeness (QED) is 0.899. The van der Waals surface area contributed by atoms with Gasteiger partial charge in [0, 0.05) is 57.2 Å². The largest absolute Gasteiger partial charge is 0.381 e. The number of nitrogens with zero attached hydrogens (tertiary/aromatic N) is 2. The zero-order valence-corrected chi connectivity index (χ0v) is 13.7. The van der Waals surface area contributed by atoms with Gasteiger partial charge in [0.2, 0.25) is 5.91 Å². The highest BCUT2D eigenvalue weighted by Crippen LogP contribution is 2.20. The molecule has 3 rings (SSSR count). The first-order valence-corrected chi connectivity index (χ1v) is 8.81. The molecule has 1 aromatic rings. The van der Waals surface area contributed by atoms with E-state index >= 15 is 0 Å². The maximum Gasteiger partial charge on any atom is 0.220 e. The molecule has 23 heavy (non-hydrogen) atoms. The fraction of sp³-hybridized carbons (Fsp3) is 0.667. The van der Waals surface area contributed by atoms with Crippen LogP contribution in [0.3, 0.4) is 0 Å². The van der Waals surface area contributed by atoms with Gasteiger partial charge in [-0.2, -0.15) is 0 Å². The predicted molar refractivity (Wildman–Crippen MR) is 89.1 cm³/mol. The zero-order chi connectivity index (χ0) is 15.9. The molecule has 3 heterocycles. The molecule has 1 N–H and O–H groups in total. The van der Waals surface area contributed by atoms with Crippen LogP contribution in [0.25, 0.3) is 0 Å². The fourth-order valence-corrected chi connectivity index (χ4v) is 3.56. The average Bonchev–Trinajstić information content (AvgIpc) is 2.62. The minimum atomic E-state index is 0.165. The number of pyridine rings is 1. The van der Waals surface area contributed by atoms with Crippen molar-refractivity contribution in [3.63, 3.8) is 0 Å². The molecule has 1 amide bonds. The molecule has 0 unspecified atom stereocenters. The predicted octanol–water partition coefficient (Wildman–Crippen LogP) is 1.77. The number of nitrogens with one attached hydrogen (secondary N) is 1. The monoisotopic (exact) mass is 317 g/mol. The van der Waals surface area contributed by atoms with E-state index in [0.717, 1.165) is 64.0 Å². The highest BCUT2D eigenvalue weighted by Gasteiger charge is 2.26. The van der Waals surface area contributed by atoms with E-state index in [1.165, 1.54) is 0 Å². The van der Waals surface area contributed by atoms with Crippen LogP contribution in [0.4, 0.5) is 0 Å². The molecular formula is C18H27N3O2. The molecule has 0 atom stereocenters. The van der Waals surface area contributed by atoms with Gasteiger partial charge in [0.15, 0.2) is 0 Å². The summed E-state index contributed by atoms with van der Waals surface area (Å²) in [6.07, 6.45) is 9.35. The van der Waals surface area contributed by atoms with Crippen LogP contribution in [0.15, 0.2) is 24.5 Å². The summed E-state index contributed by atoms with van der Waals surface area (Å²) in [4.78, 5) is 18.8. The third kappa shape index (κ3) is 5.01. The van der Waals surface area contributed by atoms with Crippen molar-refractivity contribution in [2.45, 2.75) is 50.6 Å². The number of hydrogen-bond acceptors (Lipinski definition) is 4. The first kappa shape index (κ1) is 16.4. The molecule has 1 aromatic heterocycles. The lowest BCUT2D eigenvalue weighted by atomic mass is 9.99. The minimum Gasteiger partial charge on any atom is -0.381 e. The number of likely N-dealkylation sites (tertiary alicyclic amines) is 1. The SMILES string of the molecule is O=C(CCc1cccnc1)NC1CCN(C2CCOCC2)CC1. The molecule has 0 radical (unpaired) electrons. The molecule has 2 fully saturated rings. The summed E-state index contributed by atoms with van der Waals surface area (Å²) in [5.41, 5.74) is 1.12. The van der Waals surface area contributed by atoms with E-state index in [9.17, 15) is 4.79 Å². The van der Waals surface area contributed by atoms with Gasteiger partial charge in [-0.1, -0.05) is 6.07 Å². The topological polar surface area (TPSA) is 54.5 Å². The maximum atomic E-state index is 12.1. The normalized spacial score (nSPS) is 21.2. The van der Waals surface area contributed by atoms with Gasteiger partial charge in [-0.05, 0) is 43.7 Å². The Bertz CT molecular complexity index is 480. The Hall–Kier alpha value is -1.46. The van der Waals surface area contributed by atoms with Crippen molar-refractivity contribution >= 4 is 5.91 Å². The summed E-state index contributed by atoms with van der Waals surface area (Å²) in [6.45, 7) is 3.99. The van der Waals surface area contributed by atoms with Crippen molar-refractivity contribution in [1.82, 2.24) is 15.2 Å². The maximum absolute atomic E-state index is 12.1. The molecule has 5 heteroatoms. The molecule has 5 nitrogen and oxygen atoms in total. The molecule has 0 saturated carbocycles. The van der Waals surface area contributed by atoms with Gasteiger partial charge in [-0.3, -0.25) is 9.78 Å². The van der Waals surface area contributed by atoms with E-state index in [4.69, 9.17) is 4.74 Å². The molecular weight excluding hydrogens is 290 g/mol. The number of ether oxygens (including phenoxy) is 1. The van der Waals surface area contributed by atoms with Crippen molar-refractivity contribution in [1.29, 1.82) is 0 Å². The second kappa shape index (κ2) is 8.41. The molecule has 0 bridgehead atoms. The second-order valence-corrected chi connectivity index (χ2v) is 6.58. The molecule has 2 aliphatic heterocycles. The van der Waals surface area contributed by atoms with Crippen LogP contribution in [0, 0.1) is 0 Å². The van der Waals surface area contributed by atoms with Crippen LogP contribution < -0.4 is 5.32 Å². The van der Waals surface area contributed by atoms with Crippen LogP contribution >= 0.6 is 0 Å². The Morgan fingerprint density at radius 3 is 2.74 bits per heavy atom. The van der Waals surface area contributed by atoms with Gasteiger partial charge >= 0.3 is 0 Å². The lowest BCUT2D eigenvalue weighted by Crippen LogP contribution is -2.49. The highest BCUT2D eigenvalue weighted by molar-refractivity contribution is 5.76. The number of hydrogen-bond donors (Lipinski definition) is 1. The van der Waals surface area contributed by atoms with Gasteiger partial charge < -0.3 is 15.0 Å². The van der Waals surface area contributed by atoms with Crippen LogP contribution in [-0.2, 0) is 16.0 Å². The van der Waals surface area contributed by atoms with Gasteiger partial charge in [0.25, 0.3) is 0 Å². The van der Waals surface area contributed by atoms with Crippen LogP contribution in [0.2, 0.25) is 0 Å². The fourth-order valence-electron chi connectivity index (χ4n) is 3.56. The third-order valence-electron chi connectivity index (χ3n) is 4.97. The van der Waals surface area contributed by atoms with Crippen molar-refractivity contribution in [3.8, 4) is 0 Å². The lowest BCUT2D eigenvalue weighted by Gasteiger charge is -2.39. The van der Waals surface area contributed by atoms with E-state index in [0.29, 0.717) is 18.5 Å². The van der Waals surface area contributed by atoms with Gasteiger partial charge in [-0.15, -0.1) is 0 Å². The van der Waals surface area contributed by atoms with E-state index in [-0.39, 0.29) is 5.91 Å². The molecule has 0 spiro atoms. The van der Waals surface area contributed by atoms with E-state index in [1.807, 2.05) is 18.3 Å². The summed E-state index contributed by atoms with van der Waals surface area (Å²) in [7, 11) is 0. The van der Waals surface area contributed by atoms with Crippen molar-refractivity contribution in [2.24, 2.45) is 0 Å². The highest BCUT2D eigenvalue weighted by atomic mass is 16.5. The Kier molecular flexibility index (Phi) is 6.00. The smallest absolute Gasteiger partial charge is 0.220 e. The molecule has 0 aromatic carbocycles. The van der Waals surface area contributed by atoms with Crippen molar-refractivity contribution in [2.75, 3.05) is 26.3 Å².